The molecule has 0 saturated heterocycles. The lowest BCUT2D eigenvalue weighted by Crippen LogP contribution is -2.30. The Kier molecular flexibility index (Phi) is 6.37. The predicted molar refractivity (Wildman–Crippen MR) is 146 cm³/mol. The normalized spacial score (nSPS) is 13.5. The smallest absolute Gasteiger partial charge is 0.139 e. The molecule has 0 aliphatic carbocycles. The third-order valence-corrected chi connectivity index (χ3v) is 7.24. The van der Waals surface area contributed by atoms with Crippen LogP contribution in [0.25, 0.3) is 22.6 Å². The Morgan fingerprint density at radius 2 is 1.81 bits per heavy atom. The molecule has 4 nitrogen and oxygen atoms in total. The summed E-state index contributed by atoms with van der Waals surface area (Å²) in [6.45, 7) is 2.96. The van der Waals surface area contributed by atoms with E-state index in [1.54, 1.807) is 0 Å². The van der Waals surface area contributed by atoms with Crippen molar-refractivity contribution in [1.82, 2.24) is 19.9 Å². The number of halogens is 1. The quantitative estimate of drug-likeness (QED) is 0.280. The lowest BCUT2D eigenvalue weighted by Gasteiger charge is -2.30. The van der Waals surface area contributed by atoms with E-state index in [2.05, 4.69) is 68.4 Å². The van der Waals surface area contributed by atoms with E-state index >= 15 is 0 Å². The van der Waals surface area contributed by atoms with Crippen molar-refractivity contribution in [3.05, 3.63) is 130 Å². The highest BCUT2D eigenvalue weighted by atomic mass is 35.5. The Morgan fingerprint density at radius 1 is 0.889 bits per heavy atom. The average molecular weight is 491 g/mol. The van der Waals surface area contributed by atoms with E-state index in [0.717, 1.165) is 55.1 Å². The number of fused-ring (bicyclic) bond motifs is 1. The molecular formula is C31H27ClN4. The summed E-state index contributed by atoms with van der Waals surface area (Å²) in [6.07, 6.45) is 7.61. The van der Waals surface area contributed by atoms with Crippen molar-refractivity contribution >= 4 is 11.6 Å². The number of hydrogen-bond donors (Lipinski definition) is 1. The topological polar surface area (TPSA) is 44.8 Å². The number of nitrogens with one attached hydrogen (secondary N) is 1. The van der Waals surface area contributed by atoms with Crippen LogP contribution in [0.1, 0.15) is 27.8 Å². The van der Waals surface area contributed by atoms with Crippen LogP contribution in [-0.2, 0) is 25.9 Å². The van der Waals surface area contributed by atoms with Crippen molar-refractivity contribution in [2.45, 2.75) is 25.9 Å². The van der Waals surface area contributed by atoms with Crippen LogP contribution >= 0.6 is 11.6 Å². The van der Waals surface area contributed by atoms with E-state index in [0.29, 0.717) is 5.02 Å². The summed E-state index contributed by atoms with van der Waals surface area (Å²) in [4.78, 5) is 14.9. The molecule has 0 fully saturated rings. The Bertz CT molecular complexity index is 1480. The average Bonchev–Trinajstić information content (AvgIpc) is 3.41. The molecule has 0 amide bonds. The number of aromatic amines is 1. The molecule has 0 unspecified atom stereocenters. The van der Waals surface area contributed by atoms with Gasteiger partial charge < -0.3 is 4.98 Å². The number of imidazole rings is 1. The minimum atomic E-state index is 0.703. The molecule has 5 aromatic rings. The zero-order valence-electron chi connectivity index (χ0n) is 20.0. The SMILES string of the molecule is Clc1ccc(Cc2cccc3c2CCN(Cc2cccnc2)C3)cc1-c1ncc(-c2ccccc2)[nH]1. The summed E-state index contributed by atoms with van der Waals surface area (Å²) < 4.78 is 0. The molecule has 2 aromatic heterocycles. The zero-order chi connectivity index (χ0) is 24.3. The molecule has 6 rings (SSSR count). The van der Waals surface area contributed by atoms with Crippen LogP contribution in [0.3, 0.4) is 0 Å². The lowest BCUT2D eigenvalue weighted by atomic mass is 9.90. The molecule has 178 valence electrons. The molecule has 1 aliphatic rings. The first kappa shape index (κ1) is 22.7. The van der Waals surface area contributed by atoms with E-state index in [4.69, 9.17) is 11.6 Å². The Labute approximate surface area is 216 Å². The van der Waals surface area contributed by atoms with Gasteiger partial charge in [-0.15, -0.1) is 0 Å². The van der Waals surface area contributed by atoms with Gasteiger partial charge in [0.1, 0.15) is 5.82 Å². The fourth-order valence-corrected chi connectivity index (χ4v) is 5.31. The molecule has 1 N–H and O–H groups in total. The molecule has 0 spiro atoms. The molecule has 3 aromatic carbocycles. The molecular weight excluding hydrogens is 464 g/mol. The second-order valence-electron chi connectivity index (χ2n) is 9.38. The van der Waals surface area contributed by atoms with E-state index in [1.807, 2.05) is 48.9 Å². The van der Waals surface area contributed by atoms with E-state index in [-0.39, 0.29) is 0 Å². The summed E-state index contributed by atoms with van der Waals surface area (Å²) in [5.74, 6) is 0.793. The Morgan fingerprint density at radius 3 is 2.67 bits per heavy atom. The number of benzene rings is 3. The van der Waals surface area contributed by atoms with Gasteiger partial charge in [0.2, 0.25) is 0 Å². The Hall–Kier alpha value is -3.73. The van der Waals surface area contributed by atoms with Gasteiger partial charge in [-0.1, -0.05) is 72.3 Å². The highest BCUT2D eigenvalue weighted by Crippen LogP contribution is 2.31. The highest BCUT2D eigenvalue weighted by molar-refractivity contribution is 6.33. The van der Waals surface area contributed by atoms with Crippen LogP contribution < -0.4 is 0 Å². The maximum absolute atomic E-state index is 6.62. The van der Waals surface area contributed by atoms with Crippen LogP contribution in [0.15, 0.2) is 97.5 Å². The number of aromatic nitrogens is 3. The molecule has 1 aliphatic heterocycles. The maximum atomic E-state index is 6.62. The second-order valence-corrected chi connectivity index (χ2v) is 9.79. The zero-order valence-corrected chi connectivity index (χ0v) is 20.7. The fourth-order valence-electron chi connectivity index (χ4n) is 5.10. The standard InChI is InChI=1S/C31H27ClN4/c32-29-12-11-22(17-28(29)31-34-19-30(35-31)24-7-2-1-3-8-24)16-25-9-4-10-26-21-36(15-13-27(25)26)20-23-6-5-14-33-18-23/h1-12,14,17-19H,13,15-16,20-21H2,(H,34,35). The van der Waals surface area contributed by atoms with Crippen LogP contribution in [0.5, 0.6) is 0 Å². The van der Waals surface area contributed by atoms with Gasteiger partial charge in [0.15, 0.2) is 0 Å². The van der Waals surface area contributed by atoms with Gasteiger partial charge in [-0.3, -0.25) is 9.88 Å². The van der Waals surface area contributed by atoms with Gasteiger partial charge in [0, 0.05) is 37.6 Å². The van der Waals surface area contributed by atoms with E-state index < -0.39 is 0 Å². The van der Waals surface area contributed by atoms with Gasteiger partial charge in [0.25, 0.3) is 0 Å². The number of H-pyrrole nitrogens is 1. The summed E-state index contributed by atoms with van der Waals surface area (Å²) in [5, 5.41) is 0.703. The second kappa shape index (κ2) is 10.1. The molecule has 0 bridgehead atoms. The molecule has 36 heavy (non-hydrogen) atoms. The molecule has 0 radical (unpaired) electrons. The van der Waals surface area contributed by atoms with E-state index in [1.165, 1.54) is 27.8 Å². The van der Waals surface area contributed by atoms with Crippen LogP contribution in [0, 0.1) is 0 Å². The van der Waals surface area contributed by atoms with Gasteiger partial charge >= 0.3 is 0 Å². The van der Waals surface area contributed by atoms with Crippen molar-refractivity contribution in [3.8, 4) is 22.6 Å². The van der Waals surface area contributed by atoms with E-state index in [9.17, 15) is 0 Å². The fraction of sp³-hybridized carbons (Fsp3) is 0.161. The molecule has 3 heterocycles. The predicted octanol–water partition coefficient (Wildman–Crippen LogP) is 6.94. The minimum Gasteiger partial charge on any atom is -0.338 e. The minimum absolute atomic E-state index is 0.703. The summed E-state index contributed by atoms with van der Waals surface area (Å²) in [6, 6.07) is 27.4. The molecule has 0 saturated carbocycles. The first-order valence-corrected chi connectivity index (χ1v) is 12.7. The molecule has 0 atom stereocenters. The van der Waals surface area contributed by atoms with Crippen LogP contribution in [0.2, 0.25) is 5.02 Å². The van der Waals surface area contributed by atoms with Crippen LogP contribution in [-0.4, -0.2) is 26.4 Å². The monoisotopic (exact) mass is 490 g/mol. The number of pyridine rings is 1. The van der Waals surface area contributed by atoms with Crippen molar-refractivity contribution in [2.75, 3.05) is 6.54 Å². The first-order chi connectivity index (χ1) is 17.7. The summed E-state index contributed by atoms with van der Waals surface area (Å²) >= 11 is 6.62. The van der Waals surface area contributed by atoms with Crippen LogP contribution in [0.4, 0.5) is 0 Å². The lowest BCUT2D eigenvalue weighted by molar-refractivity contribution is 0.245. The first-order valence-electron chi connectivity index (χ1n) is 12.3. The van der Waals surface area contributed by atoms with Crippen molar-refractivity contribution in [2.24, 2.45) is 0 Å². The summed E-state index contributed by atoms with van der Waals surface area (Å²) in [5.41, 5.74) is 9.83. The van der Waals surface area contributed by atoms with Gasteiger partial charge in [0.05, 0.1) is 16.9 Å². The Balaban J connectivity index is 1.22. The molecule has 5 heteroatoms. The number of rotatable bonds is 6. The number of nitrogens with zero attached hydrogens (tertiary/aromatic N) is 3. The van der Waals surface area contributed by atoms with Crippen molar-refractivity contribution in [3.63, 3.8) is 0 Å². The van der Waals surface area contributed by atoms with Crippen molar-refractivity contribution in [1.29, 1.82) is 0 Å². The largest absolute Gasteiger partial charge is 0.338 e. The third-order valence-electron chi connectivity index (χ3n) is 6.91. The van der Waals surface area contributed by atoms with Gasteiger partial charge in [-0.2, -0.15) is 0 Å². The van der Waals surface area contributed by atoms with Crippen molar-refractivity contribution < 1.29 is 0 Å². The van der Waals surface area contributed by atoms with Gasteiger partial charge in [-0.05, 0) is 64.4 Å². The third kappa shape index (κ3) is 4.83. The number of hydrogen-bond acceptors (Lipinski definition) is 3. The highest BCUT2D eigenvalue weighted by Gasteiger charge is 2.19. The van der Waals surface area contributed by atoms with Gasteiger partial charge in [-0.25, -0.2) is 4.98 Å². The maximum Gasteiger partial charge on any atom is 0.139 e. The summed E-state index contributed by atoms with van der Waals surface area (Å²) in [7, 11) is 0.